The van der Waals surface area contributed by atoms with E-state index in [1.54, 1.807) is 0 Å². The molecule has 146 valence electrons. The first-order valence-electron chi connectivity index (χ1n) is 7.73. The van der Waals surface area contributed by atoms with Crippen LogP contribution < -0.4 is 4.74 Å². The van der Waals surface area contributed by atoms with Gasteiger partial charge in [0.1, 0.15) is 5.75 Å². The topological polar surface area (TPSA) is 22.1 Å². The van der Waals surface area contributed by atoms with Gasteiger partial charge in [-0.15, -0.1) is 0 Å². The van der Waals surface area contributed by atoms with Gasteiger partial charge in [0, 0.05) is 29.5 Å². The average Bonchev–Trinajstić information content (AvgIpc) is 2.64. The number of alkyl halides is 2. The molecule has 0 bridgehead atoms. The Bertz CT molecular complexity index is 1010. The van der Waals surface area contributed by atoms with Crippen LogP contribution in [-0.2, 0) is 6.11 Å². The van der Waals surface area contributed by atoms with E-state index in [1.807, 2.05) is 0 Å². The van der Waals surface area contributed by atoms with Gasteiger partial charge in [0.15, 0.2) is 34.8 Å². The highest BCUT2D eigenvalue weighted by Gasteiger charge is 2.37. The summed E-state index contributed by atoms with van der Waals surface area (Å²) in [5.74, 6) is -8.42. The van der Waals surface area contributed by atoms with Crippen LogP contribution in [0, 0.1) is 36.0 Å². The van der Waals surface area contributed by atoms with E-state index in [0.29, 0.717) is 0 Å². The van der Waals surface area contributed by atoms with Crippen molar-refractivity contribution in [3.63, 3.8) is 0 Å². The normalized spacial score (nSPS) is 11.6. The number of aromatic nitrogens is 1. The molecule has 0 N–H and O–H groups in total. The van der Waals surface area contributed by atoms with Crippen LogP contribution in [-0.4, -0.2) is 4.98 Å². The van der Waals surface area contributed by atoms with Gasteiger partial charge in [-0.3, -0.25) is 4.98 Å². The Morgan fingerprint density at radius 2 is 1.46 bits per heavy atom. The molecular formula is C19H10F7NO. The molecule has 0 saturated heterocycles. The highest BCUT2D eigenvalue weighted by molar-refractivity contribution is 5.64. The number of pyridine rings is 1. The summed E-state index contributed by atoms with van der Waals surface area (Å²) in [6.07, 6.45) is -3.27. The molecule has 2 aromatic carbocycles. The van der Waals surface area contributed by atoms with E-state index in [4.69, 9.17) is 0 Å². The van der Waals surface area contributed by atoms with E-state index in [0.717, 1.165) is 18.3 Å². The maximum atomic E-state index is 14.2. The molecule has 3 rings (SSSR count). The molecule has 0 aliphatic carbocycles. The highest BCUT2D eigenvalue weighted by Crippen LogP contribution is 2.33. The number of hydrogen-bond donors (Lipinski definition) is 0. The second kappa shape index (κ2) is 7.14. The molecule has 0 amide bonds. The number of aryl methyl sites for hydroxylation is 1. The number of nitrogens with zero attached hydrogens (tertiary/aromatic N) is 1. The molecule has 3 aromatic rings. The van der Waals surface area contributed by atoms with Crippen LogP contribution in [0.3, 0.4) is 0 Å². The monoisotopic (exact) mass is 401 g/mol. The van der Waals surface area contributed by atoms with Crippen molar-refractivity contribution in [1.82, 2.24) is 4.98 Å². The fourth-order valence-corrected chi connectivity index (χ4v) is 2.39. The quantitative estimate of drug-likeness (QED) is 0.402. The molecular weight excluding hydrogens is 391 g/mol. The van der Waals surface area contributed by atoms with Crippen molar-refractivity contribution in [2.75, 3.05) is 0 Å². The zero-order valence-electron chi connectivity index (χ0n) is 14.0. The Kier molecular flexibility index (Phi) is 5.01. The van der Waals surface area contributed by atoms with E-state index < -0.39 is 46.6 Å². The lowest BCUT2D eigenvalue weighted by Gasteiger charge is -2.18. The van der Waals surface area contributed by atoms with Crippen molar-refractivity contribution < 1.29 is 35.5 Å². The Hall–Kier alpha value is -3.10. The molecule has 0 unspecified atom stereocenters. The number of hydrogen-bond acceptors (Lipinski definition) is 2. The van der Waals surface area contributed by atoms with Crippen molar-refractivity contribution in [2.45, 2.75) is 13.0 Å². The molecule has 0 atom stereocenters. The first-order valence-corrected chi connectivity index (χ1v) is 7.73. The van der Waals surface area contributed by atoms with Crippen LogP contribution in [0.25, 0.3) is 11.1 Å². The summed E-state index contributed by atoms with van der Waals surface area (Å²) in [6.45, 7) is 1.36. The zero-order chi connectivity index (χ0) is 20.6. The van der Waals surface area contributed by atoms with Crippen molar-refractivity contribution in [1.29, 1.82) is 0 Å². The smallest absolute Gasteiger partial charge is 0.428 e. The van der Waals surface area contributed by atoms with Crippen molar-refractivity contribution in [3.8, 4) is 16.9 Å². The van der Waals surface area contributed by atoms with Gasteiger partial charge >= 0.3 is 6.11 Å². The predicted octanol–water partition coefficient (Wildman–Crippen LogP) is 5.88. The van der Waals surface area contributed by atoms with Crippen LogP contribution in [0.4, 0.5) is 30.7 Å². The van der Waals surface area contributed by atoms with Gasteiger partial charge in [0.05, 0.1) is 0 Å². The summed E-state index contributed by atoms with van der Waals surface area (Å²) < 4.78 is 99.4. The van der Waals surface area contributed by atoms with E-state index in [9.17, 15) is 30.7 Å². The van der Waals surface area contributed by atoms with E-state index in [-0.39, 0.29) is 28.8 Å². The molecule has 0 radical (unpaired) electrons. The number of ether oxygens (including phenoxy) is 1. The summed E-state index contributed by atoms with van der Waals surface area (Å²) in [5.41, 5.74) is -1.05. The van der Waals surface area contributed by atoms with Crippen LogP contribution >= 0.6 is 0 Å². The van der Waals surface area contributed by atoms with Gasteiger partial charge in [0.2, 0.25) is 0 Å². The third kappa shape index (κ3) is 3.64. The van der Waals surface area contributed by atoms with Gasteiger partial charge in [-0.1, -0.05) is 18.2 Å². The third-order valence-electron chi connectivity index (χ3n) is 3.85. The van der Waals surface area contributed by atoms with Crippen molar-refractivity contribution >= 4 is 0 Å². The Morgan fingerprint density at radius 3 is 2.04 bits per heavy atom. The van der Waals surface area contributed by atoms with Crippen LogP contribution in [0.1, 0.15) is 11.3 Å². The largest absolute Gasteiger partial charge is 0.444 e. The summed E-state index contributed by atoms with van der Waals surface area (Å²) in [4.78, 5) is 3.45. The predicted molar refractivity (Wildman–Crippen MR) is 85.2 cm³/mol. The van der Waals surface area contributed by atoms with Gasteiger partial charge in [0.25, 0.3) is 0 Å². The van der Waals surface area contributed by atoms with Crippen molar-refractivity contribution in [3.05, 3.63) is 82.9 Å². The molecule has 28 heavy (non-hydrogen) atoms. The van der Waals surface area contributed by atoms with Gasteiger partial charge in [-0.05, 0) is 18.6 Å². The van der Waals surface area contributed by atoms with Crippen LogP contribution in [0.15, 0.2) is 42.6 Å². The maximum absolute atomic E-state index is 14.2. The number of halogens is 7. The summed E-state index contributed by atoms with van der Waals surface area (Å²) in [6, 6.07) is 4.93. The van der Waals surface area contributed by atoms with Gasteiger partial charge in [-0.2, -0.15) is 8.78 Å². The SMILES string of the molecule is Cc1ccc(-c2ccc(C(F)(F)Oc3cc(F)c(F)c(F)c3)nc2)c(F)c1F. The second-order valence-electron chi connectivity index (χ2n) is 5.81. The molecule has 0 fully saturated rings. The first kappa shape index (κ1) is 19.7. The lowest BCUT2D eigenvalue weighted by Crippen LogP contribution is -2.23. The molecule has 2 nitrogen and oxygen atoms in total. The van der Waals surface area contributed by atoms with Crippen LogP contribution in [0.5, 0.6) is 5.75 Å². The molecule has 0 aliphatic heterocycles. The van der Waals surface area contributed by atoms with E-state index >= 15 is 0 Å². The number of benzene rings is 2. The molecule has 0 spiro atoms. The minimum atomic E-state index is -4.13. The maximum Gasteiger partial charge on any atom is 0.444 e. The van der Waals surface area contributed by atoms with Gasteiger partial charge in [-0.25, -0.2) is 22.0 Å². The average molecular weight is 401 g/mol. The fraction of sp³-hybridized carbons (Fsp3) is 0.105. The summed E-state index contributed by atoms with van der Waals surface area (Å²) >= 11 is 0. The van der Waals surface area contributed by atoms with Crippen molar-refractivity contribution in [2.24, 2.45) is 0 Å². The fourth-order valence-electron chi connectivity index (χ4n) is 2.39. The zero-order valence-corrected chi connectivity index (χ0v) is 14.0. The summed E-state index contributed by atoms with van der Waals surface area (Å²) in [5, 5.41) is 0. The highest BCUT2D eigenvalue weighted by atomic mass is 19.3. The first-order chi connectivity index (χ1) is 13.1. The third-order valence-corrected chi connectivity index (χ3v) is 3.85. The molecule has 1 heterocycles. The molecule has 0 saturated carbocycles. The van der Waals surface area contributed by atoms with Gasteiger partial charge < -0.3 is 4.74 Å². The number of rotatable bonds is 4. The minimum Gasteiger partial charge on any atom is -0.428 e. The molecule has 9 heteroatoms. The second-order valence-corrected chi connectivity index (χ2v) is 5.81. The standard InChI is InChI=1S/C19H10F7NO/c1-9-2-4-12(17(23)16(9)22)10-3-5-15(27-8-10)19(25,26)28-11-6-13(20)18(24)14(21)7-11/h2-8H,1H3. The Labute approximate surface area is 154 Å². The Morgan fingerprint density at radius 1 is 0.821 bits per heavy atom. The van der Waals surface area contributed by atoms with Crippen LogP contribution in [0.2, 0.25) is 0 Å². The minimum absolute atomic E-state index is 0.0230. The lowest BCUT2D eigenvalue weighted by atomic mass is 10.0. The lowest BCUT2D eigenvalue weighted by molar-refractivity contribution is -0.188. The van der Waals surface area contributed by atoms with E-state index in [1.165, 1.54) is 19.1 Å². The summed E-state index contributed by atoms with van der Waals surface area (Å²) in [7, 11) is 0. The Balaban J connectivity index is 1.89. The van der Waals surface area contributed by atoms with E-state index in [2.05, 4.69) is 9.72 Å². The molecule has 0 aliphatic rings. The molecule has 1 aromatic heterocycles.